The molecule has 0 unspecified atom stereocenters. The number of hydrogen-bond acceptors (Lipinski definition) is 3. The fourth-order valence-electron chi connectivity index (χ4n) is 2.70. The lowest BCUT2D eigenvalue weighted by Gasteiger charge is -2.19. The van der Waals surface area contributed by atoms with Crippen LogP contribution in [0.2, 0.25) is 0 Å². The van der Waals surface area contributed by atoms with Crippen molar-refractivity contribution < 1.29 is 14.3 Å². The first-order valence-electron chi connectivity index (χ1n) is 9.15. The van der Waals surface area contributed by atoms with Crippen molar-refractivity contribution in [2.24, 2.45) is 0 Å². The minimum atomic E-state index is -0.544. The van der Waals surface area contributed by atoms with E-state index in [0.717, 1.165) is 19.3 Å². The summed E-state index contributed by atoms with van der Waals surface area (Å²) in [6, 6.07) is 6.67. The lowest BCUT2D eigenvalue weighted by atomic mass is 9.97. The lowest BCUT2D eigenvalue weighted by Crippen LogP contribution is -2.29. The molecular formula is C20H29N3O3. The number of nitrogens with one attached hydrogen (secondary N) is 3. The zero-order chi connectivity index (χ0) is 19.0. The van der Waals surface area contributed by atoms with Crippen molar-refractivity contribution >= 4 is 23.5 Å². The van der Waals surface area contributed by atoms with E-state index in [4.69, 9.17) is 4.74 Å². The first kappa shape index (κ1) is 19.8. The van der Waals surface area contributed by atoms with Crippen molar-refractivity contribution in [3.05, 3.63) is 35.9 Å². The van der Waals surface area contributed by atoms with Crippen LogP contribution in [-0.4, -0.2) is 24.3 Å². The summed E-state index contributed by atoms with van der Waals surface area (Å²) >= 11 is 0. The Kier molecular flexibility index (Phi) is 7.06. The smallest absolute Gasteiger partial charge is 0.412 e. The quantitative estimate of drug-likeness (QED) is 0.644. The number of allylic oxidation sites excluding steroid dienone is 1. The van der Waals surface area contributed by atoms with E-state index in [1.54, 1.807) is 24.3 Å². The largest absolute Gasteiger partial charge is 0.444 e. The van der Waals surface area contributed by atoms with Crippen LogP contribution in [-0.2, 0) is 4.74 Å². The maximum absolute atomic E-state index is 11.9. The van der Waals surface area contributed by atoms with Gasteiger partial charge in [-0.05, 0) is 77.1 Å². The molecule has 0 atom stereocenters. The van der Waals surface area contributed by atoms with Gasteiger partial charge in [0.15, 0.2) is 0 Å². The Morgan fingerprint density at radius 1 is 1.04 bits per heavy atom. The third-order valence-electron chi connectivity index (χ3n) is 3.90. The SMILES string of the molecule is CC(C)(C)OC(=O)Nc1ccc(NC(=O)NCCC2=CCCCC2)cc1. The number of amides is 3. The highest BCUT2D eigenvalue weighted by molar-refractivity contribution is 5.90. The van der Waals surface area contributed by atoms with Gasteiger partial charge in [-0.1, -0.05) is 11.6 Å². The van der Waals surface area contributed by atoms with Crippen molar-refractivity contribution in [3.63, 3.8) is 0 Å². The molecule has 0 spiro atoms. The average Bonchev–Trinajstić information content (AvgIpc) is 2.56. The molecule has 1 aliphatic rings. The molecule has 1 aromatic rings. The van der Waals surface area contributed by atoms with Crippen LogP contribution in [0.15, 0.2) is 35.9 Å². The highest BCUT2D eigenvalue weighted by Crippen LogP contribution is 2.19. The van der Waals surface area contributed by atoms with Gasteiger partial charge in [0.1, 0.15) is 5.60 Å². The van der Waals surface area contributed by atoms with Gasteiger partial charge in [0, 0.05) is 17.9 Å². The first-order chi connectivity index (χ1) is 12.3. The maximum atomic E-state index is 11.9. The Bertz CT molecular complexity index is 645. The fraction of sp³-hybridized carbons (Fsp3) is 0.500. The molecule has 0 fully saturated rings. The van der Waals surface area contributed by atoms with E-state index in [1.807, 2.05) is 20.8 Å². The van der Waals surface area contributed by atoms with Crippen LogP contribution in [0.3, 0.4) is 0 Å². The minimum absolute atomic E-state index is 0.228. The van der Waals surface area contributed by atoms with E-state index in [1.165, 1.54) is 18.4 Å². The molecule has 0 saturated carbocycles. The van der Waals surface area contributed by atoms with Gasteiger partial charge in [-0.15, -0.1) is 0 Å². The van der Waals surface area contributed by atoms with E-state index in [-0.39, 0.29) is 6.03 Å². The Morgan fingerprint density at radius 2 is 1.69 bits per heavy atom. The second-order valence-corrected chi connectivity index (χ2v) is 7.44. The molecule has 26 heavy (non-hydrogen) atoms. The number of hydrogen-bond donors (Lipinski definition) is 3. The van der Waals surface area contributed by atoms with Crippen molar-refractivity contribution in [2.45, 2.75) is 58.5 Å². The summed E-state index contributed by atoms with van der Waals surface area (Å²) in [5, 5.41) is 8.31. The van der Waals surface area contributed by atoms with Gasteiger partial charge in [-0.25, -0.2) is 9.59 Å². The number of carbonyl (C=O) groups is 2. The lowest BCUT2D eigenvalue weighted by molar-refractivity contribution is 0.0636. The van der Waals surface area contributed by atoms with Gasteiger partial charge < -0.3 is 15.4 Å². The molecular weight excluding hydrogens is 330 g/mol. The molecule has 1 aliphatic carbocycles. The number of benzene rings is 1. The van der Waals surface area contributed by atoms with E-state index >= 15 is 0 Å². The minimum Gasteiger partial charge on any atom is -0.444 e. The van der Waals surface area contributed by atoms with Crippen LogP contribution in [0.25, 0.3) is 0 Å². The summed E-state index contributed by atoms with van der Waals surface area (Å²) in [5.41, 5.74) is 2.16. The molecule has 3 amide bonds. The second-order valence-electron chi connectivity index (χ2n) is 7.44. The predicted molar refractivity (Wildman–Crippen MR) is 104 cm³/mol. The van der Waals surface area contributed by atoms with Crippen LogP contribution in [0.5, 0.6) is 0 Å². The van der Waals surface area contributed by atoms with Crippen molar-refractivity contribution in [3.8, 4) is 0 Å². The molecule has 6 nitrogen and oxygen atoms in total. The van der Waals surface area contributed by atoms with Gasteiger partial charge >= 0.3 is 12.1 Å². The van der Waals surface area contributed by atoms with Crippen molar-refractivity contribution in [1.82, 2.24) is 5.32 Å². The monoisotopic (exact) mass is 359 g/mol. The molecule has 0 aromatic heterocycles. The van der Waals surface area contributed by atoms with Crippen LogP contribution in [0.1, 0.15) is 52.9 Å². The topological polar surface area (TPSA) is 79.5 Å². The van der Waals surface area contributed by atoms with Gasteiger partial charge in [0.2, 0.25) is 0 Å². The Balaban J connectivity index is 1.73. The van der Waals surface area contributed by atoms with E-state index < -0.39 is 11.7 Å². The molecule has 0 aliphatic heterocycles. The van der Waals surface area contributed by atoms with E-state index in [2.05, 4.69) is 22.0 Å². The normalized spacial score (nSPS) is 14.2. The molecule has 2 rings (SSSR count). The summed E-state index contributed by atoms with van der Waals surface area (Å²) in [7, 11) is 0. The van der Waals surface area contributed by atoms with Gasteiger partial charge in [0.25, 0.3) is 0 Å². The summed E-state index contributed by atoms with van der Waals surface area (Å²) < 4.78 is 5.20. The highest BCUT2D eigenvalue weighted by atomic mass is 16.6. The summed E-state index contributed by atoms with van der Waals surface area (Å²) in [4.78, 5) is 23.7. The number of anilines is 2. The molecule has 1 aromatic carbocycles. The molecule has 0 bridgehead atoms. The molecule has 6 heteroatoms. The van der Waals surface area contributed by atoms with Crippen molar-refractivity contribution in [2.75, 3.05) is 17.2 Å². The Labute approximate surface area is 155 Å². The molecule has 0 heterocycles. The van der Waals surface area contributed by atoms with Crippen LogP contribution >= 0.6 is 0 Å². The van der Waals surface area contributed by atoms with Crippen LogP contribution < -0.4 is 16.0 Å². The summed E-state index contributed by atoms with van der Waals surface area (Å²) in [5.74, 6) is 0. The third kappa shape index (κ3) is 7.59. The Morgan fingerprint density at radius 3 is 2.27 bits per heavy atom. The zero-order valence-corrected chi connectivity index (χ0v) is 15.9. The number of ether oxygens (including phenoxy) is 1. The highest BCUT2D eigenvalue weighted by Gasteiger charge is 2.16. The maximum Gasteiger partial charge on any atom is 0.412 e. The van der Waals surface area contributed by atoms with E-state index in [0.29, 0.717) is 17.9 Å². The molecule has 142 valence electrons. The molecule has 0 radical (unpaired) electrons. The van der Waals surface area contributed by atoms with Crippen LogP contribution in [0, 0.1) is 0 Å². The third-order valence-corrected chi connectivity index (χ3v) is 3.90. The second kappa shape index (κ2) is 9.27. The van der Waals surface area contributed by atoms with Crippen molar-refractivity contribution in [1.29, 1.82) is 0 Å². The fourth-order valence-corrected chi connectivity index (χ4v) is 2.70. The van der Waals surface area contributed by atoms with E-state index in [9.17, 15) is 9.59 Å². The zero-order valence-electron chi connectivity index (χ0n) is 15.9. The number of carbonyl (C=O) groups excluding carboxylic acids is 2. The van der Waals surface area contributed by atoms with Gasteiger partial charge in [-0.3, -0.25) is 5.32 Å². The average molecular weight is 359 g/mol. The number of urea groups is 1. The first-order valence-corrected chi connectivity index (χ1v) is 9.15. The molecule has 3 N–H and O–H groups in total. The summed E-state index contributed by atoms with van der Waals surface area (Å²) in [6.45, 7) is 6.06. The Hall–Kier alpha value is -2.50. The van der Waals surface area contributed by atoms with Gasteiger partial charge in [0.05, 0.1) is 0 Å². The summed E-state index contributed by atoms with van der Waals surface area (Å²) in [6.07, 6.45) is 7.53. The standard InChI is InChI=1S/C20H29N3O3/c1-20(2,3)26-19(25)23-17-11-9-16(10-12-17)22-18(24)21-14-13-15-7-5-4-6-8-15/h7,9-12H,4-6,8,13-14H2,1-3H3,(H,23,25)(H2,21,22,24). The molecule has 0 saturated heterocycles. The van der Waals surface area contributed by atoms with Gasteiger partial charge in [-0.2, -0.15) is 0 Å². The predicted octanol–water partition coefficient (Wildman–Crippen LogP) is 5.05. The number of rotatable bonds is 5. The van der Waals surface area contributed by atoms with Crippen LogP contribution in [0.4, 0.5) is 21.0 Å².